The van der Waals surface area contributed by atoms with Gasteiger partial charge in [-0.1, -0.05) is 0 Å². The molecule has 0 spiro atoms. The number of nitrogens with zero attached hydrogens (tertiary/aromatic N) is 1. The lowest BCUT2D eigenvalue weighted by Crippen LogP contribution is -2.35. The number of amides is 1. The van der Waals surface area contributed by atoms with Crippen LogP contribution < -0.4 is 9.62 Å². The maximum Gasteiger partial charge on any atom is 0.309 e. The Morgan fingerprint density at radius 1 is 1.32 bits per heavy atom. The number of aliphatic carboxylic acids is 1. The average molecular weight is 368 g/mol. The number of carbonyl (C=O) groups is 2. The van der Waals surface area contributed by atoms with Crippen molar-refractivity contribution >= 4 is 27.6 Å². The molecule has 0 aromatic heterocycles. The molecule has 0 radical (unpaired) electrons. The lowest BCUT2D eigenvalue weighted by atomic mass is 9.89. The van der Waals surface area contributed by atoms with Crippen LogP contribution in [0.3, 0.4) is 0 Å². The Morgan fingerprint density at radius 2 is 2.00 bits per heavy atom. The Bertz CT molecular complexity index is 786. The van der Waals surface area contributed by atoms with Crippen LogP contribution in [0.1, 0.15) is 42.6 Å². The molecule has 1 amide bonds. The molecule has 2 rings (SSSR count). The van der Waals surface area contributed by atoms with E-state index >= 15 is 0 Å². The van der Waals surface area contributed by atoms with E-state index in [9.17, 15) is 18.0 Å². The third-order valence-electron chi connectivity index (χ3n) is 4.43. The lowest BCUT2D eigenvalue weighted by Gasteiger charge is -2.29. The highest BCUT2D eigenvalue weighted by atomic mass is 32.2. The first-order chi connectivity index (χ1) is 11.5. The number of carboxylic acids is 1. The van der Waals surface area contributed by atoms with Crippen molar-refractivity contribution in [1.29, 1.82) is 0 Å². The fourth-order valence-electron chi connectivity index (χ4n) is 2.75. The Hall–Kier alpha value is -2.09. The van der Waals surface area contributed by atoms with E-state index in [1.165, 1.54) is 10.6 Å². The SMILES string of the molecule is CC(C)(CCNC(=O)c1ccc2c(c1)CCCN2S(C)(=O)=O)C(=O)O. The first kappa shape index (κ1) is 19.2. The van der Waals surface area contributed by atoms with E-state index in [4.69, 9.17) is 5.11 Å². The predicted octanol–water partition coefficient (Wildman–Crippen LogP) is 1.63. The lowest BCUT2D eigenvalue weighted by molar-refractivity contribution is -0.147. The molecule has 8 heteroatoms. The summed E-state index contributed by atoms with van der Waals surface area (Å²) in [5, 5.41) is 11.8. The van der Waals surface area contributed by atoms with Gasteiger partial charge in [-0.2, -0.15) is 0 Å². The monoisotopic (exact) mass is 368 g/mol. The van der Waals surface area contributed by atoms with Gasteiger partial charge in [-0.25, -0.2) is 8.42 Å². The zero-order chi connectivity index (χ0) is 18.8. The quantitative estimate of drug-likeness (QED) is 0.794. The van der Waals surface area contributed by atoms with Crippen LogP contribution in [0.25, 0.3) is 0 Å². The first-order valence-electron chi connectivity index (χ1n) is 8.14. The topological polar surface area (TPSA) is 104 Å². The summed E-state index contributed by atoms with van der Waals surface area (Å²) in [6.45, 7) is 3.92. The minimum Gasteiger partial charge on any atom is -0.481 e. The van der Waals surface area contributed by atoms with Gasteiger partial charge in [-0.05, 0) is 56.9 Å². The molecule has 1 heterocycles. The van der Waals surface area contributed by atoms with E-state index in [1.807, 2.05) is 0 Å². The number of carboxylic acid groups (broad SMARTS) is 1. The number of carbonyl (C=O) groups excluding carboxylic acids is 1. The molecule has 0 unspecified atom stereocenters. The van der Waals surface area contributed by atoms with Crippen LogP contribution >= 0.6 is 0 Å². The van der Waals surface area contributed by atoms with Crippen LogP contribution in [0.4, 0.5) is 5.69 Å². The summed E-state index contributed by atoms with van der Waals surface area (Å²) in [4.78, 5) is 23.3. The van der Waals surface area contributed by atoms with Gasteiger partial charge in [0.2, 0.25) is 10.0 Å². The van der Waals surface area contributed by atoms with Gasteiger partial charge in [0, 0.05) is 18.7 Å². The predicted molar refractivity (Wildman–Crippen MR) is 95.3 cm³/mol. The highest BCUT2D eigenvalue weighted by Crippen LogP contribution is 2.30. The Balaban J connectivity index is 2.09. The zero-order valence-corrected chi connectivity index (χ0v) is 15.5. The standard InChI is InChI=1S/C17H24N2O5S/c1-17(2,16(21)22)8-9-18-15(20)13-6-7-14-12(11-13)5-4-10-19(14)25(3,23)24/h6-7,11H,4-5,8-10H2,1-3H3,(H,18,20)(H,21,22). The van der Waals surface area contributed by atoms with Gasteiger partial charge in [-0.3, -0.25) is 13.9 Å². The molecule has 0 aliphatic carbocycles. The van der Waals surface area contributed by atoms with Crippen LogP contribution in [0.2, 0.25) is 0 Å². The zero-order valence-electron chi connectivity index (χ0n) is 14.7. The van der Waals surface area contributed by atoms with Gasteiger partial charge in [-0.15, -0.1) is 0 Å². The molecule has 1 aliphatic rings. The van der Waals surface area contributed by atoms with Crippen molar-refractivity contribution in [2.75, 3.05) is 23.7 Å². The van der Waals surface area contributed by atoms with E-state index in [0.717, 1.165) is 5.56 Å². The number of sulfonamides is 1. The number of hydrogen-bond donors (Lipinski definition) is 2. The van der Waals surface area contributed by atoms with Crippen LogP contribution in [0, 0.1) is 5.41 Å². The van der Waals surface area contributed by atoms with Gasteiger partial charge in [0.05, 0.1) is 17.4 Å². The summed E-state index contributed by atoms with van der Waals surface area (Å²) in [5.41, 5.74) is 0.994. The van der Waals surface area contributed by atoms with Gasteiger partial charge in [0.15, 0.2) is 0 Å². The fourth-order valence-corrected chi connectivity index (χ4v) is 3.74. The van der Waals surface area contributed by atoms with E-state index in [0.29, 0.717) is 37.1 Å². The highest BCUT2D eigenvalue weighted by molar-refractivity contribution is 7.92. The minimum absolute atomic E-state index is 0.255. The second-order valence-electron chi connectivity index (χ2n) is 6.98. The minimum atomic E-state index is -3.33. The molecular formula is C17H24N2O5S. The molecule has 0 atom stereocenters. The molecule has 1 aromatic carbocycles. The fraction of sp³-hybridized carbons (Fsp3) is 0.529. The molecule has 1 aliphatic heterocycles. The van der Waals surface area contributed by atoms with Crippen LogP contribution in [-0.2, 0) is 21.2 Å². The van der Waals surface area contributed by atoms with Crippen LogP contribution in [0.5, 0.6) is 0 Å². The number of aryl methyl sites for hydroxylation is 1. The first-order valence-corrected chi connectivity index (χ1v) is 9.99. The van der Waals surface area contributed by atoms with Gasteiger partial charge < -0.3 is 10.4 Å². The van der Waals surface area contributed by atoms with Crippen molar-refractivity contribution in [2.24, 2.45) is 5.41 Å². The van der Waals surface area contributed by atoms with Crippen LogP contribution in [-0.4, -0.2) is 44.7 Å². The Labute approximate surface area is 148 Å². The second kappa shape index (κ2) is 7.03. The summed E-state index contributed by atoms with van der Waals surface area (Å²) in [6, 6.07) is 4.97. The summed E-state index contributed by atoms with van der Waals surface area (Å²) in [5.74, 6) is -1.20. The summed E-state index contributed by atoms with van der Waals surface area (Å²) in [6.07, 6.45) is 2.92. The molecule has 0 fully saturated rings. The number of nitrogens with one attached hydrogen (secondary N) is 1. The van der Waals surface area contributed by atoms with Gasteiger partial charge in [0.1, 0.15) is 0 Å². The number of fused-ring (bicyclic) bond motifs is 1. The van der Waals surface area contributed by atoms with Crippen molar-refractivity contribution in [3.8, 4) is 0 Å². The largest absolute Gasteiger partial charge is 0.481 e. The number of benzene rings is 1. The molecule has 138 valence electrons. The Kier molecular flexibility index (Phi) is 5.41. The van der Waals surface area contributed by atoms with Crippen molar-refractivity contribution in [2.45, 2.75) is 33.1 Å². The van der Waals surface area contributed by atoms with Crippen molar-refractivity contribution < 1.29 is 23.1 Å². The van der Waals surface area contributed by atoms with Gasteiger partial charge in [0.25, 0.3) is 5.91 Å². The molecule has 0 saturated carbocycles. The summed E-state index contributed by atoms with van der Waals surface area (Å²) >= 11 is 0. The Morgan fingerprint density at radius 3 is 2.60 bits per heavy atom. The van der Waals surface area contributed by atoms with Crippen molar-refractivity contribution in [3.63, 3.8) is 0 Å². The molecule has 1 aromatic rings. The normalized spacial score (nSPS) is 14.8. The summed E-state index contributed by atoms with van der Waals surface area (Å²) in [7, 11) is -3.33. The maximum atomic E-state index is 12.3. The van der Waals surface area contributed by atoms with E-state index in [1.54, 1.807) is 32.0 Å². The van der Waals surface area contributed by atoms with Crippen molar-refractivity contribution in [1.82, 2.24) is 5.32 Å². The molecule has 25 heavy (non-hydrogen) atoms. The summed E-state index contributed by atoms with van der Waals surface area (Å²) < 4.78 is 25.1. The van der Waals surface area contributed by atoms with E-state index < -0.39 is 21.4 Å². The smallest absolute Gasteiger partial charge is 0.309 e. The molecule has 0 saturated heterocycles. The average Bonchev–Trinajstić information content (AvgIpc) is 2.52. The molecule has 7 nitrogen and oxygen atoms in total. The van der Waals surface area contributed by atoms with Crippen LogP contribution in [0.15, 0.2) is 18.2 Å². The second-order valence-corrected chi connectivity index (χ2v) is 8.88. The number of hydrogen-bond acceptors (Lipinski definition) is 4. The van der Waals surface area contributed by atoms with E-state index in [2.05, 4.69) is 5.32 Å². The van der Waals surface area contributed by atoms with Crippen molar-refractivity contribution in [3.05, 3.63) is 29.3 Å². The number of anilines is 1. The van der Waals surface area contributed by atoms with E-state index in [-0.39, 0.29) is 12.5 Å². The molecular weight excluding hydrogens is 344 g/mol. The van der Waals surface area contributed by atoms with Gasteiger partial charge >= 0.3 is 5.97 Å². The molecule has 2 N–H and O–H groups in total. The number of rotatable bonds is 6. The maximum absolute atomic E-state index is 12.3. The molecule has 0 bridgehead atoms. The third kappa shape index (κ3) is 4.50. The third-order valence-corrected chi connectivity index (χ3v) is 5.61. The highest BCUT2D eigenvalue weighted by Gasteiger charge is 2.27.